The van der Waals surface area contributed by atoms with E-state index in [1.54, 1.807) is 21.5 Å². The van der Waals surface area contributed by atoms with Gasteiger partial charge < -0.3 is 10.6 Å². The Hall–Kier alpha value is -3.23. The van der Waals surface area contributed by atoms with Gasteiger partial charge in [0.05, 0.1) is 24.1 Å². The second-order valence-electron chi connectivity index (χ2n) is 10.0. The van der Waals surface area contributed by atoms with E-state index in [1.807, 2.05) is 25.4 Å². The molecule has 2 unspecified atom stereocenters. The molecule has 9 heteroatoms. The Morgan fingerprint density at radius 2 is 2.00 bits per heavy atom. The Bertz CT molecular complexity index is 1210. The summed E-state index contributed by atoms with van der Waals surface area (Å²) < 4.78 is 3.52. The Morgan fingerprint density at radius 3 is 2.68 bits per heavy atom. The number of aromatic nitrogens is 5. The first-order valence-corrected chi connectivity index (χ1v) is 12.5. The van der Waals surface area contributed by atoms with Crippen LogP contribution in [0.15, 0.2) is 30.7 Å². The highest BCUT2D eigenvalue weighted by Crippen LogP contribution is 2.54. The molecule has 0 aromatic carbocycles. The van der Waals surface area contributed by atoms with Crippen LogP contribution < -0.4 is 10.6 Å². The predicted molar refractivity (Wildman–Crippen MR) is 125 cm³/mol. The standard InChI is InChI=1S/C25H31N7O2/c1-2-31-20(8-10-27-31)25(34)30-23(22(16-3-4-16)17-5-6-17)19-14-32-21(29-19)12-15(13-28-32)11-18-7-9-26-24(18)33/h8,10,12-14,16-18,22-23H,2-7,9,11H2,1H3,(H,26,33)(H,30,34). The summed E-state index contributed by atoms with van der Waals surface area (Å²) in [6, 6.07) is 3.64. The lowest BCUT2D eigenvalue weighted by Gasteiger charge is -2.27. The van der Waals surface area contributed by atoms with Crippen molar-refractivity contribution in [3.63, 3.8) is 0 Å². The minimum Gasteiger partial charge on any atom is -0.356 e. The van der Waals surface area contributed by atoms with Crippen LogP contribution in [-0.2, 0) is 17.8 Å². The molecular formula is C25H31N7O2. The number of carbonyl (C=O) groups excluding carboxylic acids is 2. The molecule has 1 saturated heterocycles. The van der Waals surface area contributed by atoms with Crippen LogP contribution >= 0.6 is 0 Å². The Morgan fingerprint density at radius 1 is 1.21 bits per heavy atom. The topological polar surface area (TPSA) is 106 Å². The average molecular weight is 462 g/mol. The van der Waals surface area contributed by atoms with Crippen molar-refractivity contribution in [1.82, 2.24) is 35.0 Å². The van der Waals surface area contributed by atoms with E-state index in [0.29, 0.717) is 36.4 Å². The van der Waals surface area contributed by atoms with E-state index < -0.39 is 0 Å². The molecule has 6 rings (SSSR count). The fourth-order valence-electron chi connectivity index (χ4n) is 5.57. The lowest BCUT2D eigenvalue weighted by molar-refractivity contribution is -0.122. The van der Waals surface area contributed by atoms with E-state index in [9.17, 15) is 9.59 Å². The molecule has 2 aliphatic carbocycles. The van der Waals surface area contributed by atoms with Gasteiger partial charge in [-0.3, -0.25) is 14.3 Å². The first-order chi connectivity index (χ1) is 16.6. The number of nitrogens with one attached hydrogen (secondary N) is 2. The van der Waals surface area contributed by atoms with Crippen molar-refractivity contribution >= 4 is 17.5 Å². The largest absolute Gasteiger partial charge is 0.356 e. The van der Waals surface area contributed by atoms with Gasteiger partial charge in [0.1, 0.15) is 5.69 Å². The van der Waals surface area contributed by atoms with Crippen LogP contribution in [0.25, 0.3) is 5.65 Å². The predicted octanol–water partition coefficient (Wildman–Crippen LogP) is 2.53. The molecule has 3 fully saturated rings. The summed E-state index contributed by atoms with van der Waals surface area (Å²) in [7, 11) is 0. The van der Waals surface area contributed by atoms with E-state index >= 15 is 0 Å². The summed E-state index contributed by atoms with van der Waals surface area (Å²) in [6.07, 6.45) is 11.9. The summed E-state index contributed by atoms with van der Waals surface area (Å²) in [5.74, 6) is 1.70. The normalized spacial score (nSPS) is 21.2. The van der Waals surface area contributed by atoms with Crippen LogP contribution in [0.3, 0.4) is 0 Å². The van der Waals surface area contributed by atoms with Crippen LogP contribution in [-0.4, -0.2) is 42.7 Å². The summed E-state index contributed by atoms with van der Waals surface area (Å²) in [4.78, 5) is 30.2. The van der Waals surface area contributed by atoms with Crippen LogP contribution in [0.2, 0.25) is 0 Å². The summed E-state index contributed by atoms with van der Waals surface area (Å²) >= 11 is 0. The van der Waals surface area contributed by atoms with E-state index in [1.165, 1.54) is 25.7 Å². The highest BCUT2D eigenvalue weighted by Gasteiger charge is 2.47. The zero-order chi connectivity index (χ0) is 23.2. The molecule has 0 radical (unpaired) electrons. The Kier molecular flexibility index (Phi) is 5.34. The number of amides is 2. The van der Waals surface area contributed by atoms with Gasteiger partial charge in [-0.2, -0.15) is 10.2 Å². The summed E-state index contributed by atoms with van der Waals surface area (Å²) in [5.41, 5.74) is 3.22. The molecular weight excluding hydrogens is 430 g/mol. The number of rotatable bonds is 9. The van der Waals surface area contributed by atoms with Gasteiger partial charge in [-0.1, -0.05) is 0 Å². The van der Waals surface area contributed by atoms with Crippen LogP contribution in [0.1, 0.15) is 66.8 Å². The molecule has 3 aliphatic rings. The molecule has 2 atom stereocenters. The Balaban J connectivity index is 1.31. The molecule has 3 aromatic heterocycles. The second-order valence-corrected chi connectivity index (χ2v) is 10.0. The minimum absolute atomic E-state index is 0.00301. The van der Waals surface area contributed by atoms with Crippen molar-refractivity contribution < 1.29 is 9.59 Å². The van der Waals surface area contributed by atoms with E-state index in [4.69, 9.17) is 4.98 Å². The SMILES string of the molecule is CCn1nccc1C(=O)NC(c1cn2ncc(CC3CCNC3=O)cc2n1)C(C1CC1)C1CC1. The van der Waals surface area contributed by atoms with Crippen molar-refractivity contribution in [2.24, 2.45) is 23.7 Å². The fourth-order valence-corrected chi connectivity index (χ4v) is 5.57. The van der Waals surface area contributed by atoms with Gasteiger partial charge in [0.25, 0.3) is 5.91 Å². The summed E-state index contributed by atoms with van der Waals surface area (Å²) in [5, 5.41) is 15.1. The number of hydrogen-bond donors (Lipinski definition) is 2. The molecule has 34 heavy (non-hydrogen) atoms. The first-order valence-electron chi connectivity index (χ1n) is 12.5. The first kappa shape index (κ1) is 21.3. The molecule has 2 amide bonds. The lowest BCUT2D eigenvalue weighted by atomic mass is 9.87. The zero-order valence-electron chi connectivity index (χ0n) is 19.5. The minimum atomic E-state index is -0.154. The molecule has 178 valence electrons. The van der Waals surface area contributed by atoms with Gasteiger partial charge in [-0.25, -0.2) is 9.50 Å². The average Bonchev–Trinajstić information content (AvgIpc) is 3.72. The molecule has 1 aliphatic heterocycles. The Labute approximate surface area is 198 Å². The monoisotopic (exact) mass is 461 g/mol. The highest BCUT2D eigenvalue weighted by atomic mass is 16.2. The smallest absolute Gasteiger partial charge is 0.270 e. The number of fused-ring (bicyclic) bond motifs is 1. The fraction of sp³-hybridized carbons (Fsp3) is 0.560. The van der Waals surface area contributed by atoms with Crippen LogP contribution in [0, 0.1) is 23.7 Å². The van der Waals surface area contributed by atoms with E-state index in [2.05, 4.69) is 20.8 Å². The van der Waals surface area contributed by atoms with Gasteiger partial charge in [0, 0.05) is 25.2 Å². The zero-order valence-corrected chi connectivity index (χ0v) is 19.5. The quantitative estimate of drug-likeness (QED) is 0.509. The number of nitrogens with zero attached hydrogens (tertiary/aromatic N) is 5. The van der Waals surface area contributed by atoms with Gasteiger partial charge >= 0.3 is 0 Å². The molecule has 4 heterocycles. The third-order valence-electron chi connectivity index (χ3n) is 7.61. The third kappa shape index (κ3) is 4.08. The third-order valence-corrected chi connectivity index (χ3v) is 7.61. The summed E-state index contributed by atoms with van der Waals surface area (Å²) in [6.45, 7) is 3.38. The molecule has 9 nitrogen and oxygen atoms in total. The number of carbonyl (C=O) groups is 2. The van der Waals surface area contributed by atoms with E-state index in [-0.39, 0.29) is 23.8 Å². The van der Waals surface area contributed by atoms with Gasteiger partial charge in [-0.05, 0) is 80.9 Å². The molecule has 2 saturated carbocycles. The van der Waals surface area contributed by atoms with Gasteiger partial charge in [-0.15, -0.1) is 0 Å². The van der Waals surface area contributed by atoms with Crippen molar-refractivity contribution in [2.45, 2.75) is 58.0 Å². The number of imidazole rings is 1. The number of aryl methyl sites for hydroxylation is 1. The van der Waals surface area contributed by atoms with Crippen molar-refractivity contribution in [3.05, 3.63) is 47.7 Å². The molecule has 0 spiro atoms. The second kappa shape index (κ2) is 8.52. The van der Waals surface area contributed by atoms with Gasteiger partial charge in [0.15, 0.2) is 5.65 Å². The maximum Gasteiger partial charge on any atom is 0.270 e. The van der Waals surface area contributed by atoms with Crippen molar-refractivity contribution in [1.29, 1.82) is 0 Å². The lowest BCUT2D eigenvalue weighted by Crippen LogP contribution is -2.36. The molecule has 2 N–H and O–H groups in total. The van der Waals surface area contributed by atoms with Crippen LogP contribution in [0.4, 0.5) is 0 Å². The maximum atomic E-state index is 13.3. The number of hydrogen-bond acceptors (Lipinski definition) is 5. The molecule has 0 bridgehead atoms. The highest BCUT2D eigenvalue weighted by molar-refractivity contribution is 5.92. The van der Waals surface area contributed by atoms with Crippen LogP contribution in [0.5, 0.6) is 0 Å². The van der Waals surface area contributed by atoms with E-state index in [0.717, 1.165) is 29.9 Å². The van der Waals surface area contributed by atoms with Gasteiger partial charge in [0.2, 0.25) is 5.91 Å². The molecule has 3 aromatic rings. The van der Waals surface area contributed by atoms with Crippen molar-refractivity contribution in [2.75, 3.05) is 6.54 Å². The maximum absolute atomic E-state index is 13.3. The van der Waals surface area contributed by atoms with Crippen molar-refractivity contribution in [3.8, 4) is 0 Å².